The smallest absolute Gasteiger partial charge is 0.410 e. The second-order valence-electron chi connectivity index (χ2n) is 10.7. The fourth-order valence-electron chi connectivity index (χ4n) is 6.52. The normalized spacial score (nSPS) is 19.3. The molecule has 1 amide bonds. The van der Waals surface area contributed by atoms with Crippen LogP contribution in [0, 0.1) is 0 Å². The summed E-state index contributed by atoms with van der Waals surface area (Å²) < 4.78 is 12.1. The van der Waals surface area contributed by atoms with Gasteiger partial charge in [0.1, 0.15) is 19.0 Å². The van der Waals surface area contributed by atoms with E-state index in [4.69, 9.17) is 9.47 Å². The van der Waals surface area contributed by atoms with Gasteiger partial charge in [-0.3, -0.25) is 4.90 Å². The maximum absolute atomic E-state index is 13.4. The van der Waals surface area contributed by atoms with Crippen LogP contribution < -0.4 is 4.74 Å². The van der Waals surface area contributed by atoms with Crippen LogP contribution in [0.5, 0.6) is 5.75 Å². The zero-order valence-corrected chi connectivity index (χ0v) is 21.8. The van der Waals surface area contributed by atoms with Gasteiger partial charge >= 0.3 is 6.09 Å². The van der Waals surface area contributed by atoms with Crippen molar-refractivity contribution in [2.45, 2.75) is 43.9 Å². The number of nitrogens with zero attached hydrogens (tertiary/aromatic N) is 1. The molecule has 1 aliphatic carbocycles. The highest BCUT2D eigenvalue weighted by Gasteiger charge is 2.41. The second kappa shape index (κ2) is 10.1. The molecule has 7 rings (SSSR count). The van der Waals surface area contributed by atoms with Crippen molar-refractivity contribution in [1.29, 1.82) is 0 Å². The zero-order chi connectivity index (χ0) is 26.2. The number of ether oxygens (including phenoxy) is 2. The van der Waals surface area contributed by atoms with Crippen molar-refractivity contribution in [3.05, 3.63) is 131 Å². The number of fused-ring (bicyclic) bond motifs is 5. The van der Waals surface area contributed by atoms with Gasteiger partial charge < -0.3 is 9.47 Å². The average Bonchev–Trinajstić information content (AvgIpc) is 3.45. The molecule has 2 bridgehead atoms. The van der Waals surface area contributed by atoms with Crippen molar-refractivity contribution >= 4 is 11.7 Å². The van der Waals surface area contributed by atoms with Gasteiger partial charge in [0.05, 0.1) is 6.04 Å². The molecule has 1 fully saturated rings. The Hall–Kier alpha value is -4.31. The molecule has 2 unspecified atom stereocenters. The molecule has 0 spiro atoms. The van der Waals surface area contributed by atoms with E-state index in [1.807, 2.05) is 29.2 Å². The molecule has 4 aromatic carbocycles. The topological polar surface area (TPSA) is 38.8 Å². The van der Waals surface area contributed by atoms with Crippen molar-refractivity contribution in [2.75, 3.05) is 6.61 Å². The van der Waals surface area contributed by atoms with Crippen LogP contribution >= 0.6 is 0 Å². The van der Waals surface area contributed by atoms with Crippen molar-refractivity contribution in [2.24, 2.45) is 0 Å². The number of rotatable bonds is 6. The second-order valence-corrected chi connectivity index (χ2v) is 10.7. The zero-order valence-electron chi connectivity index (χ0n) is 21.8. The van der Waals surface area contributed by atoms with E-state index in [9.17, 15) is 4.79 Å². The first-order valence-electron chi connectivity index (χ1n) is 13.9. The van der Waals surface area contributed by atoms with E-state index < -0.39 is 0 Å². The first-order valence-corrected chi connectivity index (χ1v) is 13.9. The van der Waals surface area contributed by atoms with Crippen LogP contribution in [0.4, 0.5) is 4.79 Å². The monoisotopic (exact) mass is 513 g/mol. The van der Waals surface area contributed by atoms with E-state index in [1.54, 1.807) is 0 Å². The van der Waals surface area contributed by atoms with Crippen LogP contribution in [0.15, 0.2) is 109 Å². The van der Waals surface area contributed by atoms with Crippen molar-refractivity contribution in [1.82, 2.24) is 4.90 Å². The Bertz CT molecular complexity index is 1500. The van der Waals surface area contributed by atoms with E-state index in [0.717, 1.165) is 30.6 Å². The third-order valence-electron chi connectivity index (χ3n) is 8.40. The Morgan fingerprint density at radius 2 is 1.51 bits per heavy atom. The van der Waals surface area contributed by atoms with Gasteiger partial charge in [-0.25, -0.2) is 4.79 Å². The van der Waals surface area contributed by atoms with Gasteiger partial charge in [0.15, 0.2) is 0 Å². The van der Waals surface area contributed by atoms with Crippen LogP contribution in [0.3, 0.4) is 0 Å². The van der Waals surface area contributed by atoms with E-state index in [0.29, 0.717) is 13.2 Å². The number of hydrogen-bond acceptors (Lipinski definition) is 3. The maximum Gasteiger partial charge on any atom is 0.410 e. The molecule has 2 atom stereocenters. The van der Waals surface area contributed by atoms with E-state index in [-0.39, 0.29) is 24.1 Å². The first-order chi connectivity index (χ1) is 19.2. The highest BCUT2D eigenvalue weighted by Crippen LogP contribution is 2.45. The highest BCUT2D eigenvalue weighted by atomic mass is 16.6. The van der Waals surface area contributed by atoms with Crippen LogP contribution in [0.25, 0.3) is 16.7 Å². The third kappa shape index (κ3) is 4.50. The number of carbonyl (C=O) groups is 1. The summed E-state index contributed by atoms with van der Waals surface area (Å²) >= 11 is 0. The summed E-state index contributed by atoms with van der Waals surface area (Å²) in [5.41, 5.74) is 8.58. The van der Waals surface area contributed by atoms with Gasteiger partial charge in [-0.15, -0.1) is 0 Å². The Morgan fingerprint density at radius 3 is 2.26 bits per heavy atom. The summed E-state index contributed by atoms with van der Waals surface area (Å²) in [5, 5.41) is 0. The summed E-state index contributed by atoms with van der Waals surface area (Å²) in [6.45, 7) is 0.907. The molecule has 3 aliphatic rings. The van der Waals surface area contributed by atoms with Gasteiger partial charge in [0, 0.05) is 12.0 Å². The SMILES string of the molecule is O=C(OCC1c2ccccc2-c2ccccc21)N1C2C=C(c3cccc(OCc4ccccc4)c3)CC1CC2. The molecule has 1 saturated heterocycles. The molecule has 0 aromatic heterocycles. The van der Waals surface area contributed by atoms with Crippen LogP contribution in [0.1, 0.15) is 47.4 Å². The standard InChI is InChI=1S/C35H31NO3/c37-35(39-23-34-32-15-6-4-13-30(32)31-14-5-7-16-33(31)34)36-27-17-18-28(36)20-26(19-27)25-11-8-12-29(21-25)38-22-24-9-2-1-3-10-24/h1-16,19,21,27-28,34H,17-18,20,22-23H2. The average molecular weight is 514 g/mol. The molecule has 39 heavy (non-hydrogen) atoms. The van der Waals surface area contributed by atoms with E-state index >= 15 is 0 Å². The summed E-state index contributed by atoms with van der Waals surface area (Å²) in [6, 6.07) is 35.7. The van der Waals surface area contributed by atoms with Crippen LogP contribution in [-0.2, 0) is 11.3 Å². The molecule has 194 valence electrons. The molecule has 4 aromatic rings. The predicted octanol–water partition coefficient (Wildman–Crippen LogP) is 7.83. The highest BCUT2D eigenvalue weighted by molar-refractivity contribution is 5.79. The Morgan fingerprint density at radius 1 is 0.795 bits per heavy atom. The maximum atomic E-state index is 13.4. The van der Waals surface area contributed by atoms with Gasteiger partial charge in [-0.05, 0) is 70.3 Å². The van der Waals surface area contributed by atoms with Gasteiger partial charge in [0.2, 0.25) is 0 Å². The minimum absolute atomic E-state index is 0.0725. The molecule has 0 N–H and O–H groups in total. The number of carbonyl (C=O) groups excluding carboxylic acids is 1. The van der Waals surface area contributed by atoms with Crippen molar-refractivity contribution < 1.29 is 14.3 Å². The van der Waals surface area contributed by atoms with Crippen molar-refractivity contribution in [3.8, 4) is 16.9 Å². The first kappa shape index (κ1) is 23.8. The minimum Gasteiger partial charge on any atom is -0.489 e. The van der Waals surface area contributed by atoms with E-state index in [1.165, 1.54) is 33.4 Å². The minimum atomic E-state index is -0.195. The van der Waals surface area contributed by atoms with Crippen LogP contribution in [0.2, 0.25) is 0 Å². The van der Waals surface area contributed by atoms with Gasteiger partial charge in [0.25, 0.3) is 0 Å². The summed E-state index contributed by atoms with van der Waals surface area (Å²) in [4.78, 5) is 15.4. The fourth-order valence-corrected chi connectivity index (χ4v) is 6.52. The Balaban J connectivity index is 1.04. The Labute approximate surface area is 229 Å². The molecule has 0 saturated carbocycles. The predicted molar refractivity (Wildman–Crippen MR) is 154 cm³/mol. The fraction of sp³-hybridized carbons (Fsp3) is 0.229. The number of benzene rings is 4. The lowest BCUT2D eigenvalue weighted by molar-refractivity contribution is 0.0866. The molecule has 2 aliphatic heterocycles. The lowest BCUT2D eigenvalue weighted by Crippen LogP contribution is -2.43. The van der Waals surface area contributed by atoms with E-state index in [2.05, 4.69) is 84.9 Å². The molecular formula is C35H31NO3. The molecular weight excluding hydrogens is 482 g/mol. The third-order valence-corrected chi connectivity index (χ3v) is 8.40. The Kier molecular flexibility index (Phi) is 6.16. The summed E-state index contributed by atoms with van der Waals surface area (Å²) in [6.07, 6.45) is 4.88. The van der Waals surface area contributed by atoms with Gasteiger partial charge in [-0.2, -0.15) is 0 Å². The molecule has 4 heteroatoms. The van der Waals surface area contributed by atoms with Crippen LogP contribution in [-0.4, -0.2) is 29.7 Å². The molecule has 0 radical (unpaired) electrons. The summed E-state index contributed by atoms with van der Waals surface area (Å²) in [7, 11) is 0. The summed E-state index contributed by atoms with van der Waals surface area (Å²) in [5.74, 6) is 0.942. The molecule has 2 heterocycles. The lowest BCUT2D eigenvalue weighted by Gasteiger charge is -2.33. The van der Waals surface area contributed by atoms with Gasteiger partial charge in [-0.1, -0.05) is 97.1 Å². The molecule has 4 nitrogen and oxygen atoms in total. The number of hydrogen-bond donors (Lipinski definition) is 0. The lowest BCUT2D eigenvalue weighted by atomic mass is 9.95. The van der Waals surface area contributed by atoms with Crippen molar-refractivity contribution in [3.63, 3.8) is 0 Å². The number of amides is 1. The quantitative estimate of drug-likeness (QED) is 0.264. The largest absolute Gasteiger partial charge is 0.489 e.